The summed E-state index contributed by atoms with van der Waals surface area (Å²) < 4.78 is 36.6. The number of aryl methyl sites for hydroxylation is 1. The van der Waals surface area contributed by atoms with E-state index in [4.69, 9.17) is 4.74 Å². The predicted octanol–water partition coefficient (Wildman–Crippen LogP) is 5.19. The lowest BCUT2D eigenvalue weighted by molar-refractivity contribution is 0.415. The first-order chi connectivity index (χ1) is 15.7. The molecule has 0 N–H and O–H groups in total. The van der Waals surface area contributed by atoms with Crippen molar-refractivity contribution in [3.05, 3.63) is 86.1 Å². The summed E-state index contributed by atoms with van der Waals surface area (Å²) in [5.41, 5.74) is 0.410. The summed E-state index contributed by atoms with van der Waals surface area (Å²) in [6, 6.07) is 11.0. The molecule has 0 bridgehead atoms. The summed E-state index contributed by atoms with van der Waals surface area (Å²) in [5.74, 6) is -0.740. The Morgan fingerprint density at radius 2 is 1.64 bits per heavy atom. The second-order valence-electron chi connectivity index (χ2n) is 8.34. The largest absolute Gasteiger partial charge is 0.497 e. The Labute approximate surface area is 193 Å². The maximum absolute atomic E-state index is 14.4. The molecule has 5 nitrogen and oxygen atoms in total. The van der Waals surface area contributed by atoms with E-state index in [1.165, 1.54) is 26.5 Å². The van der Waals surface area contributed by atoms with Crippen molar-refractivity contribution in [3.8, 4) is 16.2 Å². The van der Waals surface area contributed by atoms with Crippen LogP contribution in [0.25, 0.3) is 20.7 Å². The minimum absolute atomic E-state index is 0.0338. The third-order valence-corrected chi connectivity index (χ3v) is 6.94. The maximum atomic E-state index is 14.4. The van der Waals surface area contributed by atoms with Crippen LogP contribution < -0.4 is 16.0 Å². The molecule has 2 aromatic carbocycles. The quantitative estimate of drug-likeness (QED) is 0.390. The number of fused-ring (bicyclic) bond motifs is 1. The topological polar surface area (TPSA) is 53.2 Å². The summed E-state index contributed by atoms with van der Waals surface area (Å²) in [4.78, 5) is 28.0. The van der Waals surface area contributed by atoms with Crippen molar-refractivity contribution < 1.29 is 13.5 Å². The van der Waals surface area contributed by atoms with Crippen LogP contribution in [0.3, 0.4) is 0 Å². The molecule has 2 aromatic heterocycles. The van der Waals surface area contributed by atoms with Crippen molar-refractivity contribution in [1.29, 1.82) is 0 Å². The van der Waals surface area contributed by atoms with Crippen LogP contribution in [0.4, 0.5) is 8.78 Å². The van der Waals surface area contributed by atoms with Crippen molar-refractivity contribution in [2.45, 2.75) is 33.9 Å². The first-order valence-corrected chi connectivity index (χ1v) is 11.4. The highest BCUT2D eigenvalue weighted by molar-refractivity contribution is 7.22. The van der Waals surface area contributed by atoms with Crippen LogP contribution in [0.1, 0.15) is 25.0 Å². The number of ether oxygens (including phenoxy) is 1. The molecule has 0 atom stereocenters. The Hall–Kier alpha value is -3.26. The van der Waals surface area contributed by atoms with Crippen molar-refractivity contribution in [2.24, 2.45) is 5.92 Å². The molecule has 0 radical (unpaired) electrons. The van der Waals surface area contributed by atoms with Gasteiger partial charge in [0.1, 0.15) is 22.2 Å². The molecule has 33 heavy (non-hydrogen) atoms. The van der Waals surface area contributed by atoms with E-state index < -0.39 is 17.3 Å². The second kappa shape index (κ2) is 8.94. The molecule has 0 amide bonds. The number of benzene rings is 2. The lowest BCUT2D eigenvalue weighted by Crippen LogP contribution is -2.41. The SMILES string of the molecule is COc1ccc(-c2sc3c(c2C)c(=O)n(CC(C)C)c(=O)n3Cc2c(F)cccc2F)cc1. The maximum Gasteiger partial charge on any atom is 0.332 e. The molecule has 4 aromatic rings. The summed E-state index contributed by atoms with van der Waals surface area (Å²) in [5, 5.41) is 0.391. The van der Waals surface area contributed by atoms with Crippen molar-refractivity contribution >= 4 is 21.6 Å². The molecule has 8 heteroatoms. The van der Waals surface area contributed by atoms with Gasteiger partial charge in [-0.25, -0.2) is 13.6 Å². The minimum atomic E-state index is -0.736. The van der Waals surface area contributed by atoms with Gasteiger partial charge in [-0.05, 0) is 60.4 Å². The van der Waals surface area contributed by atoms with Crippen LogP contribution >= 0.6 is 11.3 Å². The predicted molar refractivity (Wildman–Crippen MR) is 127 cm³/mol. The van der Waals surface area contributed by atoms with E-state index in [9.17, 15) is 18.4 Å². The normalized spacial score (nSPS) is 11.5. The van der Waals surface area contributed by atoms with E-state index >= 15 is 0 Å². The van der Waals surface area contributed by atoms with Gasteiger partial charge in [-0.3, -0.25) is 13.9 Å². The summed E-state index contributed by atoms with van der Waals surface area (Å²) >= 11 is 1.27. The van der Waals surface area contributed by atoms with Gasteiger partial charge < -0.3 is 4.74 Å². The Kier molecular flexibility index (Phi) is 6.21. The fourth-order valence-electron chi connectivity index (χ4n) is 3.92. The van der Waals surface area contributed by atoms with Gasteiger partial charge in [0.05, 0.1) is 19.0 Å². The fourth-order valence-corrected chi connectivity index (χ4v) is 5.22. The molecule has 0 saturated carbocycles. The van der Waals surface area contributed by atoms with E-state index in [-0.39, 0.29) is 30.1 Å². The molecule has 172 valence electrons. The molecule has 0 spiro atoms. The number of halogens is 2. The monoisotopic (exact) mass is 470 g/mol. The molecule has 0 aliphatic rings. The van der Waals surface area contributed by atoms with Gasteiger partial charge in [0.15, 0.2) is 0 Å². The number of nitrogens with zero attached hydrogens (tertiary/aromatic N) is 2. The highest BCUT2D eigenvalue weighted by Gasteiger charge is 2.22. The van der Waals surface area contributed by atoms with Crippen LogP contribution in [0.2, 0.25) is 0 Å². The Bertz CT molecular complexity index is 1430. The highest BCUT2D eigenvalue weighted by atomic mass is 32.1. The van der Waals surface area contributed by atoms with Gasteiger partial charge in [-0.2, -0.15) is 0 Å². The molecule has 0 saturated heterocycles. The lowest BCUT2D eigenvalue weighted by Gasteiger charge is -2.14. The lowest BCUT2D eigenvalue weighted by atomic mass is 10.1. The first-order valence-electron chi connectivity index (χ1n) is 10.6. The van der Waals surface area contributed by atoms with Crippen LogP contribution in [0.5, 0.6) is 5.75 Å². The zero-order chi connectivity index (χ0) is 23.9. The Balaban J connectivity index is 2.02. The van der Waals surface area contributed by atoms with Gasteiger partial charge >= 0.3 is 5.69 Å². The van der Waals surface area contributed by atoms with Crippen molar-refractivity contribution in [1.82, 2.24) is 9.13 Å². The Morgan fingerprint density at radius 1 is 1.00 bits per heavy atom. The third-order valence-electron chi connectivity index (χ3n) is 5.57. The molecule has 2 heterocycles. The standard InChI is InChI=1S/C25H24F2N2O3S/c1-14(2)12-28-23(30)21-15(3)22(16-8-10-17(32-4)11-9-16)33-24(21)29(25(28)31)13-18-19(26)6-5-7-20(18)27/h5-11,14H,12-13H2,1-4H3. The van der Waals surface area contributed by atoms with Gasteiger partial charge in [0.25, 0.3) is 5.56 Å². The molecule has 0 unspecified atom stereocenters. The zero-order valence-corrected chi connectivity index (χ0v) is 19.6. The fraction of sp³-hybridized carbons (Fsp3) is 0.280. The van der Waals surface area contributed by atoms with Crippen LogP contribution in [-0.4, -0.2) is 16.2 Å². The zero-order valence-electron chi connectivity index (χ0n) is 18.8. The number of thiophene rings is 1. The van der Waals surface area contributed by atoms with Crippen LogP contribution in [0, 0.1) is 24.5 Å². The number of aromatic nitrogens is 2. The summed E-state index contributed by atoms with van der Waals surface area (Å²) in [6.07, 6.45) is 0. The van der Waals surface area contributed by atoms with E-state index in [1.807, 2.05) is 45.0 Å². The number of methoxy groups -OCH3 is 1. The number of hydrogen-bond donors (Lipinski definition) is 0. The van der Waals surface area contributed by atoms with E-state index in [1.54, 1.807) is 7.11 Å². The van der Waals surface area contributed by atoms with E-state index in [0.29, 0.717) is 16.0 Å². The molecule has 0 aliphatic carbocycles. The van der Waals surface area contributed by atoms with Gasteiger partial charge in [0, 0.05) is 17.0 Å². The average molecular weight is 471 g/mol. The Morgan fingerprint density at radius 3 is 2.21 bits per heavy atom. The molecule has 0 fully saturated rings. The third kappa shape index (κ3) is 4.11. The molecule has 0 aliphatic heterocycles. The molecular formula is C25H24F2N2O3S. The summed E-state index contributed by atoms with van der Waals surface area (Å²) in [6.45, 7) is 5.53. The van der Waals surface area contributed by atoms with Crippen molar-refractivity contribution in [3.63, 3.8) is 0 Å². The minimum Gasteiger partial charge on any atom is -0.497 e. The highest BCUT2D eigenvalue weighted by Crippen LogP contribution is 2.37. The number of rotatable bonds is 6. The average Bonchev–Trinajstić information content (AvgIpc) is 3.13. The summed E-state index contributed by atoms with van der Waals surface area (Å²) in [7, 11) is 1.58. The van der Waals surface area contributed by atoms with Crippen LogP contribution in [-0.2, 0) is 13.1 Å². The van der Waals surface area contributed by atoms with Gasteiger partial charge in [-0.15, -0.1) is 11.3 Å². The van der Waals surface area contributed by atoms with Gasteiger partial charge in [-0.1, -0.05) is 19.9 Å². The molecule has 4 rings (SSSR count). The smallest absolute Gasteiger partial charge is 0.332 e. The van der Waals surface area contributed by atoms with Crippen molar-refractivity contribution in [2.75, 3.05) is 7.11 Å². The van der Waals surface area contributed by atoms with E-state index in [0.717, 1.165) is 28.1 Å². The van der Waals surface area contributed by atoms with Gasteiger partial charge in [0.2, 0.25) is 0 Å². The van der Waals surface area contributed by atoms with Crippen LogP contribution in [0.15, 0.2) is 52.1 Å². The van der Waals surface area contributed by atoms with E-state index in [2.05, 4.69) is 0 Å². The first kappa shape index (κ1) is 22.9. The molecular weight excluding hydrogens is 446 g/mol. The number of hydrogen-bond acceptors (Lipinski definition) is 4. The second-order valence-corrected chi connectivity index (χ2v) is 9.34.